The number of carboxylic acids is 3. The van der Waals surface area contributed by atoms with E-state index in [1.165, 1.54) is 0 Å². The van der Waals surface area contributed by atoms with E-state index in [4.69, 9.17) is 21.7 Å². The third-order valence-electron chi connectivity index (χ3n) is 5.50. The fourth-order valence-corrected chi connectivity index (χ4v) is 3.38. The maximum atomic E-state index is 13.0. The molecule has 0 bridgehead atoms. The van der Waals surface area contributed by atoms with Crippen LogP contribution in [0.3, 0.4) is 0 Å². The second kappa shape index (κ2) is 16.3. The molecule has 0 aliphatic carbocycles. The zero-order valence-corrected chi connectivity index (χ0v) is 21.0. The van der Waals surface area contributed by atoms with Gasteiger partial charge in [0.1, 0.15) is 18.1 Å². The number of amides is 4. The third-order valence-corrected chi connectivity index (χ3v) is 5.50. The molecule has 0 saturated heterocycles. The standard InChI is InChI=1S/C24H33N5O10/c25-14(6-9-18(26)30)21(35)27-15(7-10-19(31)32)22(36)28-16(8-11-20(33)34)23(37)29-17(24(38)39)12-13-4-2-1-3-5-13/h1-5,14-17H,6-12,25H2,(H2,26,30)(H,27,35)(H,28,36)(H,29,37)(H,31,32)(H,33,34)(H,38,39)/t14-,15-,16-,17-/m0/s1. The van der Waals surface area contributed by atoms with Crippen molar-refractivity contribution in [1.82, 2.24) is 16.0 Å². The Hall–Kier alpha value is -4.53. The first-order chi connectivity index (χ1) is 18.3. The quantitative estimate of drug-likeness (QED) is 0.0997. The first-order valence-corrected chi connectivity index (χ1v) is 12.0. The summed E-state index contributed by atoms with van der Waals surface area (Å²) in [7, 11) is 0. The molecule has 15 nitrogen and oxygen atoms in total. The van der Waals surface area contributed by atoms with Gasteiger partial charge in [-0.3, -0.25) is 28.8 Å². The van der Waals surface area contributed by atoms with E-state index in [1.807, 2.05) is 0 Å². The van der Waals surface area contributed by atoms with Gasteiger partial charge in [-0.2, -0.15) is 0 Å². The lowest BCUT2D eigenvalue weighted by Crippen LogP contribution is -2.57. The summed E-state index contributed by atoms with van der Waals surface area (Å²) in [6.07, 6.45) is -2.42. The minimum atomic E-state index is -1.53. The lowest BCUT2D eigenvalue weighted by molar-refractivity contribution is -0.143. The van der Waals surface area contributed by atoms with Crippen molar-refractivity contribution in [3.8, 4) is 0 Å². The lowest BCUT2D eigenvalue weighted by atomic mass is 10.0. The number of hydrogen-bond acceptors (Lipinski definition) is 8. The van der Waals surface area contributed by atoms with Crippen molar-refractivity contribution in [3.63, 3.8) is 0 Å². The summed E-state index contributed by atoms with van der Waals surface area (Å²) in [5.74, 6) is -7.56. The van der Waals surface area contributed by atoms with Gasteiger partial charge in [-0.1, -0.05) is 30.3 Å². The lowest BCUT2D eigenvalue weighted by Gasteiger charge is -2.25. The maximum Gasteiger partial charge on any atom is 0.326 e. The van der Waals surface area contributed by atoms with E-state index in [1.54, 1.807) is 30.3 Å². The van der Waals surface area contributed by atoms with Crippen molar-refractivity contribution in [1.29, 1.82) is 0 Å². The zero-order valence-electron chi connectivity index (χ0n) is 21.0. The van der Waals surface area contributed by atoms with Crippen LogP contribution in [0.15, 0.2) is 30.3 Å². The summed E-state index contributed by atoms with van der Waals surface area (Å²) in [6.45, 7) is 0. The molecule has 214 valence electrons. The predicted octanol–water partition coefficient (Wildman–Crippen LogP) is -1.91. The number of benzene rings is 1. The van der Waals surface area contributed by atoms with E-state index < -0.39 is 91.4 Å². The Morgan fingerprint density at radius 2 is 1.13 bits per heavy atom. The molecule has 39 heavy (non-hydrogen) atoms. The van der Waals surface area contributed by atoms with Crippen molar-refractivity contribution >= 4 is 41.5 Å². The molecule has 0 fully saturated rings. The van der Waals surface area contributed by atoms with Gasteiger partial charge < -0.3 is 42.7 Å². The summed E-state index contributed by atoms with van der Waals surface area (Å²) in [4.78, 5) is 83.2. The molecule has 1 rings (SSSR count). The molecule has 4 atom stereocenters. The summed E-state index contributed by atoms with van der Waals surface area (Å²) in [5, 5.41) is 34.4. The molecule has 0 aliphatic heterocycles. The number of hydrogen-bond donors (Lipinski definition) is 8. The molecule has 0 unspecified atom stereocenters. The molecule has 4 amide bonds. The number of primary amides is 1. The first kappa shape index (κ1) is 32.5. The average molecular weight is 552 g/mol. The average Bonchev–Trinajstić information content (AvgIpc) is 2.86. The van der Waals surface area contributed by atoms with E-state index in [0.29, 0.717) is 5.56 Å². The van der Waals surface area contributed by atoms with Gasteiger partial charge in [0, 0.05) is 25.7 Å². The van der Waals surface area contributed by atoms with Gasteiger partial charge in [0.2, 0.25) is 23.6 Å². The molecule has 0 radical (unpaired) electrons. The third kappa shape index (κ3) is 13.0. The van der Waals surface area contributed by atoms with Crippen LogP contribution in [0.25, 0.3) is 0 Å². The largest absolute Gasteiger partial charge is 0.481 e. The highest BCUT2D eigenvalue weighted by atomic mass is 16.4. The minimum absolute atomic E-state index is 0.0952. The van der Waals surface area contributed by atoms with Crippen LogP contribution in [-0.4, -0.2) is 81.0 Å². The number of carbonyl (C=O) groups is 7. The highest BCUT2D eigenvalue weighted by molar-refractivity contribution is 5.94. The van der Waals surface area contributed by atoms with Gasteiger partial charge >= 0.3 is 17.9 Å². The van der Waals surface area contributed by atoms with Crippen molar-refractivity contribution in [2.45, 2.75) is 69.1 Å². The van der Waals surface area contributed by atoms with E-state index >= 15 is 0 Å². The second-order valence-corrected chi connectivity index (χ2v) is 8.69. The van der Waals surface area contributed by atoms with Gasteiger partial charge in [0.05, 0.1) is 6.04 Å². The van der Waals surface area contributed by atoms with Gasteiger partial charge in [-0.25, -0.2) is 4.79 Å². The van der Waals surface area contributed by atoms with Crippen molar-refractivity contribution < 1.29 is 48.9 Å². The molecule has 1 aromatic rings. The molecule has 0 aromatic heterocycles. The predicted molar refractivity (Wildman–Crippen MR) is 134 cm³/mol. The maximum absolute atomic E-state index is 13.0. The molecule has 1 aromatic carbocycles. The summed E-state index contributed by atoms with van der Waals surface area (Å²) in [5.41, 5.74) is 11.3. The SMILES string of the molecule is NC(=O)CC[C@H](N)C(=O)N[C@@H](CCC(=O)O)C(=O)N[C@@H](CCC(=O)O)C(=O)N[C@@H](Cc1ccccc1)C(=O)O. The molecule has 0 heterocycles. The van der Waals surface area contributed by atoms with Crippen molar-refractivity contribution in [2.24, 2.45) is 11.5 Å². The van der Waals surface area contributed by atoms with Crippen LogP contribution in [0.1, 0.15) is 44.1 Å². The number of nitrogens with one attached hydrogen (secondary N) is 3. The van der Waals surface area contributed by atoms with Crippen LogP contribution in [0.5, 0.6) is 0 Å². The topological polar surface area (TPSA) is 268 Å². The van der Waals surface area contributed by atoms with Crippen LogP contribution in [-0.2, 0) is 40.0 Å². The summed E-state index contributed by atoms with van der Waals surface area (Å²) in [6, 6.07) is 2.69. The van der Waals surface area contributed by atoms with Gasteiger partial charge in [0.25, 0.3) is 0 Å². The number of carboxylic acid groups (broad SMARTS) is 3. The van der Waals surface area contributed by atoms with Crippen LogP contribution in [0.2, 0.25) is 0 Å². The first-order valence-electron chi connectivity index (χ1n) is 12.0. The number of rotatable bonds is 18. The normalized spacial score (nSPS) is 13.7. The van der Waals surface area contributed by atoms with E-state index in [2.05, 4.69) is 16.0 Å². The zero-order chi connectivity index (χ0) is 29.5. The monoisotopic (exact) mass is 551 g/mol. The Bertz CT molecular complexity index is 1050. The van der Waals surface area contributed by atoms with Crippen LogP contribution >= 0.6 is 0 Å². The van der Waals surface area contributed by atoms with Crippen LogP contribution in [0, 0.1) is 0 Å². The Balaban J connectivity index is 3.05. The molecular weight excluding hydrogens is 518 g/mol. The molecule has 10 N–H and O–H groups in total. The number of aliphatic carboxylic acids is 3. The Kier molecular flexibility index (Phi) is 13.6. The minimum Gasteiger partial charge on any atom is -0.481 e. The summed E-state index contributed by atoms with van der Waals surface area (Å²) < 4.78 is 0. The van der Waals surface area contributed by atoms with Crippen molar-refractivity contribution in [3.05, 3.63) is 35.9 Å². The fraction of sp³-hybridized carbons (Fsp3) is 0.458. The molecule has 15 heteroatoms. The highest BCUT2D eigenvalue weighted by Crippen LogP contribution is 2.07. The Labute approximate surface area is 223 Å². The number of nitrogens with two attached hydrogens (primary N) is 2. The van der Waals surface area contributed by atoms with E-state index in [-0.39, 0.29) is 19.3 Å². The Morgan fingerprint density at radius 3 is 1.56 bits per heavy atom. The van der Waals surface area contributed by atoms with Crippen LogP contribution in [0.4, 0.5) is 0 Å². The Morgan fingerprint density at radius 1 is 0.667 bits per heavy atom. The van der Waals surface area contributed by atoms with E-state index in [9.17, 15) is 38.7 Å². The highest BCUT2D eigenvalue weighted by Gasteiger charge is 2.31. The van der Waals surface area contributed by atoms with Gasteiger partial charge in [-0.05, 0) is 24.8 Å². The molecule has 0 spiro atoms. The fourth-order valence-electron chi connectivity index (χ4n) is 3.38. The van der Waals surface area contributed by atoms with Crippen molar-refractivity contribution in [2.75, 3.05) is 0 Å². The number of carbonyl (C=O) groups excluding carboxylic acids is 4. The smallest absolute Gasteiger partial charge is 0.326 e. The van der Waals surface area contributed by atoms with Gasteiger partial charge in [-0.15, -0.1) is 0 Å². The molecular formula is C24H33N5O10. The summed E-state index contributed by atoms with van der Waals surface area (Å²) >= 11 is 0. The molecule has 0 saturated carbocycles. The van der Waals surface area contributed by atoms with Crippen LogP contribution < -0.4 is 27.4 Å². The van der Waals surface area contributed by atoms with Gasteiger partial charge in [0.15, 0.2) is 0 Å². The second-order valence-electron chi connectivity index (χ2n) is 8.69. The molecule has 0 aliphatic rings. The van der Waals surface area contributed by atoms with E-state index in [0.717, 1.165) is 0 Å².